The van der Waals surface area contributed by atoms with Crippen molar-refractivity contribution in [3.63, 3.8) is 0 Å². The Labute approximate surface area is 126 Å². The second-order valence-corrected chi connectivity index (χ2v) is 5.48. The Morgan fingerprint density at radius 2 is 2.24 bits per heavy atom. The molecule has 21 heavy (non-hydrogen) atoms. The van der Waals surface area contributed by atoms with Gasteiger partial charge in [0.2, 0.25) is 0 Å². The molecule has 0 aromatic heterocycles. The van der Waals surface area contributed by atoms with Crippen LogP contribution in [0.4, 0.5) is 4.39 Å². The molecule has 1 aliphatic heterocycles. The van der Waals surface area contributed by atoms with Gasteiger partial charge in [0.05, 0.1) is 13.7 Å². The molecule has 0 amide bonds. The SMILES string of the molecule is COCCN(Cc1ccc(OC)cc1F)CC1CCCN1. The van der Waals surface area contributed by atoms with Crippen molar-refractivity contribution in [2.75, 3.05) is 40.5 Å². The molecule has 1 atom stereocenters. The predicted octanol–water partition coefficient (Wildman–Crippen LogP) is 2.03. The maximum atomic E-state index is 14.1. The van der Waals surface area contributed by atoms with Gasteiger partial charge in [-0.15, -0.1) is 0 Å². The first-order valence-corrected chi connectivity index (χ1v) is 7.50. The van der Waals surface area contributed by atoms with E-state index < -0.39 is 0 Å². The molecular weight excluding hydrogens is 271 g/mol. The van der Waals surface area contributed by atoms with E-state index in [9.17, 15) is 4.39 Å². The number of hydrogen-bond acceptors (Lipinski definition) is 4. The fourth-order valence-corrected chi connectivity index (χ4v) is 2.70. The minimum absolute atomic E-state index is 0.212. The Morgan fingerprint density at radius 3 is 2.86 bits per heavy atom. The van der Waals surface area contributed by atoms with Crippen molar-refractivity contribution in [3.8, 4) is 5.75 Å². The maximum absolute atomic E-state index is 14.1. The van der Waals surface area contributed by atoms with Gasteiger partial charge in [0.25, 0.3) is 0 Å². The lowest BCUT2D eigenvalue weighted by Gasteiger charge is -2.25. The smallest absolute Gasteiger partial charge is 0.131 e. The van der Waals surface area contributed by atoms with Crippen LogP contribution in [0.25, 0.3) is 0 Å². The standard InChI is InChI=1S/C16H25FN2O2/c1-20-9-8-19(12-14-4-3-7-18-14)11-13-5-6-15(21-2)10-16(13)17/h5-6,10,14,18H,3-4,7-9,11-12H2,1-2H3. The van der Waals surface area contributed by atoms with Crippen LogP contribution < -0.4 is 10.1 Å². The zero-order valence-corrected chi connectivity index (χ0v) is 12.9. The topological polar surface area (TPSA) is 33.7 Å². The largest absolute Gasteiger partial charge is 0.497 e. The van der Waals surface area contributed by atoms with E-state index in [0.717, 1.165) is 19.6 Å². The summed E-state index contributed by atoms with van der Waals surface area (Å²) in [4.78, 5) is 2.25. The molecule has 5 heteroatoms. The summed E-state index contributed by atoms with van der Waals surface area (Å²) < 4.78 is 24.3. The minimum atomic E-state index is -0.212. The van der Waals surface area contributed by atoms with E-state index in [1.54, 1.807) is 26.4 Å². The lowest BCUT2D eigenvalue weighted by molar-refractivity contribution is 0.137. The van der Waals surface area contributed by atoms with Gasteiger partial charge >= 0.3 is 0 Å². The summed E-state index contributed by atoms with van der Waals surface area (Å²) in [6.45, 7) is 4.07. The third kappa shape index (κ3) is 4.95. The minimum Gasteiger partial charge on any atom is -0.497 e. The normalized spacial score (nSPS) is 18.4. The molecular formula is C16H25FN2O2. The van der Waals surface area contributed by atoms with Gasteiger partial charge in [-0.3, -0.25) is 4.90 Å². The van der Waals surface area contributed by atoms with Gasteiger partial charge in [0.15, 0.2) is 0 Å². The number of benzene rings is 1. The Bertz CT molecular complexity index is 436. The Hall–Kier alpha value is -1.17. The fourth-order valence-electron chi connectivity index (χ4n) is 2.70. The highest BCUT2D eigenvalue weighted by Gasteiger charge is 2.19. The molecule has 1 N–H and O–H groups in total. The summed E-state index contributed by atoms with van der Waals surface area (Å²) >= 11 is 0. The number of nitrogens with one attached hydrogen (secondary N) is 1. The van der Waals surface area contributed by atoms with E-state index in [1.165, 1.54) is 18.9 Å². The van der Waals surface area contributed by atoms with Crippen molar-refractivity contribution in [2.24, 2.45) is 0 Å². The van der Waals surface area contributed by atoms with E-state index >= 15 is 0 Å². The van der Waals surface area contributed by atoms with Gasteiger partial charge in [-0.2, -0.15) is 0 Å². The van der Waals surface area contributed by atoms with Crippen LogP contribution in [-0.2, 0) is 11.3 Å². The number of hydrogen-bond donors (Lipinski definition) is 1. The van der Waals surface area contributed by atoms with Crippen LogP contribution in [0.5, 0.6) is 5.75 Å². The second kappa shape index (κ2) is 8.32. The zero-order chi connectivity index (χ0) is 15.1. The zero-order valence-electron chi connectivity index (χ0n) is 12.9. The van der Waals surface area contributed by atoms with Gasteiger partial charge in [-0.25, -0.2) is 4.39 Å². The van der Waals surface area contributed by atoms with E-state index in [4.69, 9.17) is 9.47 Å². The Balaban J connectivity index is 1.99. The van der Waals surface area contributed by atoms with E-state index in [1.807, 2.05) is 0 Å². The lowest BCUT2D eigenvalue weighted by Crippen LogP contribution is -2.38. The molecule has 1 saturated heterocycles. The number of rotatable bonds is 8. The Kier molecular flexibility index (Phi) is 6.42. The van der Waals surface area contributed by atoms with Crippen LogP contribution in [-0.4, -0.2) is 51.4 Å². The quantitative estimate of drug-likeness (QED) is 0.796. The molecule has 0 saturated carbocycles. The van der Waals surface area contributed by atoms with Crippen LogP contribution in [0.3, 0.4) is 0 Å². The van der Waals surface area contributed by atoms with Crippen molar-refractivity contribution in [2.45, 2.75) is 25.4 Å². The molecule has 1 unspecified atom stereocenters. The summed E-state index contributed by atoms with van der Waals surface area (Å²) in [6.07, 6.45) is 2.41. The number of methoxy groups -OCH3 is 2. The molecule has 2 rings (SSSR count). The van der Waals surface area contributed by atoms with Crippen molar-refractivity contribution < 1.29 is 13.9 Å². The first-order chi connectivity index (χ1) is 10.2. The van der Waals surface area contributed by atoms with Gasteiger partial charge in [0, 0.05) is 44.4 Å². The molecule has 1 aromatic carbocycles. The van der Waals surface area contributed by atoms with Crippen molar-refractivity contribution in [1.29, 1.82) is 0 Å². The van der Waals surface area contributed by atoms with Crippen LogP contribution in [0.2, 0.25) is 0 Å². The van der Waals surface area contributed by atoms with Crippen molar-refractivity contribution >= 4 is 0 Å². The highest BCUT2D eigenvalue weighted by atomic mass is 19.1. The van der Waals surface area contributed by atoms with Crippen molar-refractivity contribution in [1.82, 2.24) is 10.2 Å². The monoisotopic (exact) mass is 296 g/mol. The highest BCUT2D eigenvalue weighted by Crippen LogP contribution is 2.18. The third-order valence-corrected chi connectivity index (χ3v) is 3.91. The summed E-state index contributed by atoms with van der Waals surface area (Å²) in [6, 6.07) is 5.55. The van der Waals surface area contributed by atoms with Crippen LogP contribution in [0.15, 0.2) is 18.2 Å². The first kappa shape index (κ1) is 16.2. The molecule has 0 bridgehead atoms. The molecule has 1 aromatic rings. The number of nitrogens with zero attached hydrogens (tertiary/aromatic N) is 1. The van der Waals surface area contributed by atoms with Crippen LogP contribution in [0.1, 0.15) is 18.4 Å². The average Bonchev–Trinajstić information content (AvgIpc) is 2.99. The lowest BCUT2D eigenvalue weighted by atomic mass is 10.1. The molecule has 1 aliphatic rings. The molecule has 1 heterocycles. The molecule has 0 radical (unpaired) electrons. The van der Waals surface area contributed by atoms with Crippen LogP contribution in [0, 0.1) is 5.82 Å². The predicted molar refractivity (Wildman–Crippen MR) is 81.1 cm³/mol. The van der Waals surface area contributed by atoms with Crippen LogP contribution >= 0.6 is 0 Å². The molecule has 0 spiro atoms. The highest BCUT2D eigenvalue weighted by molar-refractivity contribution is 5.28. The maximum Gasteiger partial charge on any atom is 0.131 e. The summed E-state index contributed by atoms with van der Waals surface area (Å²) in [7, 11) is 3.24. The van der Waals surface area contributed by atoms with Gasteiger partial charge in [-0.1, -0.05) is 6.07 Å². The summed E-state index contributed by atoms with van der Waals surface area (Å²) in [5.74, 6) is 0.341. The molecule has 4 nitrogen and oxygen atoms in total. The average molecular weight is 296 g/mol. The second-order valence-electron chi connectivity index (χ2n) is 5.48. The third-order valence-electron chi connectivity index (χ3n) is 3.91. The molecule has 118 valence electrons. The van der Waals surface area contributed by atoms with E-state index in [0.29, 0.717) is 30.5 Å². The van der Waals surface area contributed by atoms with E-state index in [2.05, 4.69) is 10.2 Å². The Morgan fingerprint density at radius 1 is 1.38 bits per heavy atom. The van der Waals surface area contributed by atoms with Gasteiger partial charge < -0.3 is 14.8 Å². The fraction of sp³-hybridized carbons (Fsp3) is 0.625. The summed E-state index contributed by atoms with van der Waals surface area (Å²) in [5, 5.41) is 3.49. The number of ether oxygens (including phenoxy) is 2. The van der Waals surface area contributed by atoms with Gasteiger partial charge in [0.1, 0.15) is 11.6 Å². The molecule has 1 fully saturated rings. The van der Waals surface area contributed by atoms with E-state index in [-0.39, 0.29) is 5.82 Å². The molecule has 0 aliphatic carbocycles. The van der Waals surface area contributed by atoms with Crippen molar-refractivity contribution in [3.05, 3.63) is 29.6 Å². The number of halogens is 1. The van der Waals surface area contributed by atoms with Gasteiger partial charge in [-0.05, 0) is 25.5 Å². The first-order valence-electron chi connectivity index (χ1n) is 7.50. The summed E-state index contributed by atoms with van der Waals surface area (Å²) in [5.41, 5.74) is 0.699.